The molecule has 1 amide bonds. The molecule has 6 nitrogen and oxygen atoms in total. The first-order valence-electron chi connectivity index (χ1n) is 9.25. The summed E-state index contributed by atoms with van der Waals surface area (Å²) in [5.74, 6) is -0.633. The molecule has 1 aliphatic rings. The van der Waals surface area contributed by atoms with E-state index in [1.165, 1.54) is 28.6 Å². The molecule has 7 heteroatoms. The number of aromatic nitrogens is 2. The number of fused-ring (bicyclic) bond motifs is 1. The summed E-state index contributed by atoms with van der Waals surface area (Å²) in [5, 5.41) is 0.180. The molecule has 0 saturated carbocycles. The number of rotatable bonds is 3. The van der Waals surface area contributed by atoms with Crippen LogP contribution < -0.4 is 10.5 Å². The summed E-state index contributed by atoms with van der Waals surface area (Å²) in [7, 11) is 0. The van der Waals surface area contributed by atoms with Crippen molar-refractivity contribution in [2.45, 2.75) is 13.5 Å². The lowest BCUT2D eigenvalue weighted by molar-refractivity contribution is -0.132. The molecule has 1 aliphatic heterocycles. The molecule has 0 atom stereocenters. The Labute approximate surface area is 161 Å². The lowest BCUT2D eigenvalue weighted by Crippen LogP contribution is -2.50. The van der Waals surface area contributed by atoms with Gasteiger partial charge in [-0.15, -0.1) is 0 Å². The minimum absolute atomic E-state index is 0.0945. The van der Waals surface area contributed by atoms with Crippen molar-refractivity contribution in [3.05, 3.63) is 70.5 Å². The van der Waals surface area contributed by atoms with Gasteiger partial charge in [0.2, 0.25) is 5.91 Å². The van der Waals surface area contributed by atoms with Crippen LogP contribution in [-0.2, 0) is 11.3 Å². The van der Waals surface area contributed by atoms with Gasteiger partial charge in [0.1, 0.15) is 12.4 Å². The second kappa shape index (κ2) is 7.42. The molecule has 28 heavy (non-hydrogen) atoms. The van der Waals surface area contributed by atoms with E-state index >= 15 is 0 Å². The fourth-order valence-corrected chi connectivity index (χ4v) is 3.53. The summed E-state index contributed by atoms with van der Waals surface area (Å²) < 4.78 is 14.7. The Morgan fingerprint density at radius 1 is 1.11 bits per heavy atom. The number of benzene rings is 2. The van der Waals surface area contributed by atoms with Crippen LogP contribution in [0.15, 0.2) is 53.6 Å². The SMILES string of the molecule is Cc1cccc(N2CCN(C(=O)Cn3cnc4ccc(F)cc4c3=O)CC2)c1. The molecule has 1 saturated heterocycles. The zero-order chi connectivity index (χ0) is 19.7. The number of halogens is 1. The Morgan fingerprint density at radius 2 is 1.89 bits per heavy atom. The van der Waals surface area contributed by atoms with Crippen LogP contribution in [0.3, 0.4) is 0 Å². The number of hydrogen-bond acceptors (Lipinski definition) is 4. The van der Waals surface area contributed by atoms with Crippen LogP contribution in [-0.4, -0.2) is 46.5 Å². The molecule has 0 unspecified atom stereocenters. The lowest BCUT2D eigenvalue weighted by atomic mass is 10.2. The van der Waals surface area contributed by atoms with Gasteiger partial charge in [-0.1, -0.05) is 12.1 Å². The van der Waals surface area contributed by atoms with E-state index in [9.17, 15) is 14.0 Å². The van der Waals surface area contributed by atoms with Gasteiger partial charge in [0.25, 0.3) is 5.56 Å². The van der Waals surface area contributed by atoms with Gasteiger partial charge in [0, 0.05) is 31.9 Å². The monoisotopic (exact) mass is 380 g/mol. The largest absolute Gasteiger partial charge is 0.368 e. The average molecular weight is 380 g/mol. The van der Waals surface area contributed by atoms with Gasteiger partial charge in [-0.25, -0.2) is 9.37 Å². The Morgan fingerprint density at radius 3 is 2.64 bits per heavy atom. The fraction of sp³-hybridized carbons (Fsp3) is 0.286. The molecule has 0 aliphatic carbocycles. The second-order valence-electron chi connectivity index (χ2n) is 7.05. The number of nitrogens with zero attached hydrogens (tertiary/aromatic N) is 4. The summed E-state index contributed by atoms with van der Waals surface area (Å²) in [6, 6.07) is 12.2. The zero-order valence-electron chi connectivity index (χ0n) is 15.6. The van der Waals surface area contributed by atoms with Gasteiger partial charge >= 0.3 is 0 Å². The van der Waals surface area contributed by atoms with E-state index in [1.807, 2.05) is 6.07 Å². The van der Waals surface area contributed by atoms with Crippen molar-refractivity contribution in [3.8, 4) is 0 Å². The Kier molecular flexibility index (Phi) is 4.81. The highest BCUT2D eigenvalue weighted by Gasteiger charge is 2.22. The van der Waals surface area contributed by atoms with E-state index in [1.54, 1.807) is 4.90 Å². The molecule has 3 aromatic rings. The maximum absolute atomic E-state index is 13.4. The van der Waals surface area contributed by atoms with Crippen molar-refractivity contribution >= 4 is 22.5 Å². The summed E-state index contributed by atoms with van der Waals surface area (Å²) in [5.41, 5.74) is 2.37. The minimum Gasteiger partial charge on any atom is -0.368 e. The molecule has 1 aromatic heterocycles. The van der Waals surface area contributed by atoms with Gasteiger partial charge in [-0.05, 0) is 42.8 Å². The Hall–Kier alpha value is -3.22. The predicted molar refractivity (Wildman–Crippen MR) is 106 cm³/mol. The third-order valence-corrected chi connectivity index (χ3v) is 5.09. The Bertz CT molecular complexity index is 1090. The smallest absolute Gasteiger partial charge is 0.261 e. The maximum Gasteiger partial charge on any atom is 0.261 e. The quantitative estimate of drug-likeness (QED) is 0.699. The first kappa shape index (κ1) is 18.2. The number of hydrogen-bond donors (Lipinski definition) is 0. The molecule has 144 valence electrons. The van der Waals surface area contributed by atoms with E-state index < -0.39 is 11.4 Å². The standard InChI is InChI=1S/C21H21FN4O2/c1-15-3-2-4-17(11-15)24-7-9-25(10-8-24)20(27)13-26-14-23-19-6-5-16(22)12-18(19)21(26)28/h2-6,11-12,14H,7-10,13H2,1H3. The third kappa shape index (κ3) is 3.60. The number of anilines is 1. The van der Waals surface area contributed by atoms with Crippen molar-refractivity contribution in [1.82, 2.24) is 14.5 Å². The number of piperazine rings is 1. The van der Waals surface area contributed by atoms with E-state index in [2.05, 4.69) is 35.0 Å². The van der Waals surface area contributed by atoms with Crippen molar-refractivity contribution in [3.63, 3.8) is 0 Å². The molecule has 0 radical (unpaired) electrons. The molecular formula is C21H21FN4O2. The van der Waals surface area contributed by atoms with Crippen LogP contribution >= 0.6 is 0 Å². The highest BCUT2D eigenvalue weighted by Crippen LogP contribution is 2.18. The molecule has 1 fully saturated rings. The molecule has 0 bridgehead atoms. The second-order valence-corrected chi connectivity index (χ2v) is 7.05. The predicted octanol–water partition coefficient (Wildman–Crippen LogP) is 2.19. The van der Waals surface area contributed by atoms with Crippen LogP contribution in [0.4, 0.5) is 10.1 Å². The first-order valence-corrected chi connectivity index (χ1v) is 9.25. The first-order chi connectivity index (χ1) is 13.5. The van der Waals surface area contributed by atoms with E-state index in [0.29, 0.717) is 18.6 Å². The highest BCUT2D eigenvalue weighted by atomic mass is 19.1. The van der Waals surface area contributed by atoms with Crippen LogP contribution in [0.1, 0.15) is 5.56 Å². The van der Waals surface area contributed by atoms with Crippen molar-refractivity contribution in [2.24, 2.45) is 0 Å². The summed E-state index contributed by atoms with van der Waals surface area (Å²) >= 11 is 0. The summed E-state index contributed by atoms with van der Waals surface area (Å²) in [4.78, 5) is 33.4. The van der Waals surface area contributed by atoms with E-state index in [-0.39, 0.29) is 17.8 Å². The van der Waals surface area contributed by atoms with Crippen molar-refractivity contribution in [1.29, 1.82) is 0 Å². The molecule has 2 aromatic carbocycles. The molecular weight excluding hydrogens is 359 g/mol. The summed E-state index contributed by atoms with van der Waals surface area (Å²) in [6.45, 7) is 4.64. The maximum atomic E-state index is 13.4. The zero-order valence-corrected chi connectivity index (χ0v) is 15.6. The average Bonchev–Trinajstić information content (AvgIpc) is 2.70. The fourth-order valence-electron chi connectivity index (χ4n) is 3.53. The van der Waals surface area contributed by atoms with Crippen LogP contribution in [0.25, 0.3) is 10.9 Å². The summed E-state index contributed by atoms with van der Waals surface area (Å²) in [6.07, 6.45) is 1.35. The van der Waals surface area contributed by atoms with Gasteiger partial charge in [-0.3, -0.25) is 14.2 Å². The number of carbonyl (C=O) groups excluding carboxylic acids is 1. The van der Waals surface area contributed by atoms with E-state index in [0.717, 1.165) is 24.8 Å². The molecule has 4 rings (SSSR count). The number of amides is 1. The lowest BCUT2D eigenvalue weighted by Gasteiger charge is -2.36. The van der Waals surface area contributed by atoms with Crippen LogP contribution in [0.5, 0.6) is 0 Å². The topological polar surface area (TPSA) is 58.4 Å². The number of aryl methyl sites for hydroxylation is 1. The number of carbonyl (C=O) groups is 1. The van der Waals surface area contributed by atoms with Crippen molar-refractivity contribution in [2.75, 3.05) is 31.1 Å². The third-order valence-electron chi connectivity index (χ3n) is 5.09. The van der Waals surface area contributed by atoms with Crippen LogP contribution in [0, 0.1) is 12.7 Å². The van der Waals surface area contributed by atoms with Crippen LogP contribution in [0.2, 0.25) is 0 Å². The molecule has 0 spiro atoms. The normalized spacial score (nSPS) is 14.5. The molecule has 2 heterocycles. The minimum atomic E-state index is -0.497. The van der Waals surface area contributed by atoms with Crippen molar-refractivity contribution < 1.29 is 9.18 Å². The highest BCUT2D eigenvalue weighted by molar-refractivity contribution is 5.79. The molecule has 0 N–H and O–H groups in total. The Balaban J connectivity index is 1.44. The van der Waals surface area contributed by atoms with Gasteiger partial charge in [-0.2, -0.15) is 0 Å². The van der Waals surface area contributed by atoms with Gasteiger partial charge < -0.3 is 9.80 Å². The van der Waals surface area contributed by atoms with E-state index in [4.69, 9.17) is 0 Å². The van der Waals surface area contributed by atoms with Gasteiger partial charge in [0.05, 0.1) is 17.2 Å². The van der Waals surface area contributed by atoms with Gasteiger partial charge in [0.15, 0.2) is 0 Å².